The van der Waals surface area contributed by atoms with Crippen molar-refractivity contribution in [2.24, 2.45) is 5.10 Å². The maximum Gasteiger partial charge on any atom is 0.277 e. The molecule has 1 N–H and O–H groups in total. The number of carbonyl (C=O) groups excluding carboxylic acids is 1. The number of hydrazone groups is 1. The van der Waals surface area contributed by atoms with Gasteiger partial charge in [0.1, 0.15) is 10.8 Å². The number of ether oxygens (including phenoxy) is 1. The van der Waals surface area contributed by atoms with Crippen LogP contribution >= 0.6 is 23.2 Å². The zero-order valence-electron chi connectivity index (χ0n) is 10.9. The molecule has 2 aromatic rings. The first kappa shape index (κ1) is 15.4. The second kappa shape index (κ2) is 7.67. The summed E-state index contributed by atoms with van der Waals surface area (Å²) in [6, 6.07) is 14.4. The Labute approximate surface area is 132 Å². The molecule has 0 aliphatic carbocycles. The number of hydrogen-bond donors (Lipinski definition) is 1. The van der Waals surface area contributed by atoms with E-state index in [1.807, 2.05) is 30.3 Å². The smallest absolute Gasteiger partial charge is 0.277 e. The van der Waals surface area contributed by atoms with Crippen molar-refractivity contribution in [3.05, 3.63) is 64.1 Å². The van der Waals surface area contributed by atoms with Gasteiger partial charge in [-0.05, 0) is 17.7 Å². The van der Waals surface area contributed by atoms with Gasteiger partial charge >= 0.3 is 0 Å². The van der Waals surface area contributed by atoms with E-state index in [4.69, 9.17) is 27.9 Å². The predicted octanol–water partition coefficient (Wildman–Crippen LogP) is 3.52. The second-order valence-corrected chi connectivity index (χ2v) is 4.83. The summed E-state index contributed by atoms with van der Waals surface area (Å²) in [5.41, 5.74) is 3.25. The van der Waals surface area contributed by atoms with Crippen LogP contribution < -0.4 is 10.2 Å². The fourth-order valence-corrected chi connectivity index (χ4v) is 1.84. The van der Waals surface area contributed by atoms with Gasteiger partial charge in [0, 0.05) is 0 Å². The molecule has 0 unspecified atom stereocenters. The van der Waals surface area contributed by atoms with Crippen molar-refractivity contribution in [1.82, 2.24) is 5.43 Å². The largest absolute Gasteiger partial charge is 0.482 e. The molecule has 0 aromatic heterocycles. The Bertz CT molecular complexity index is 645. The third-order valence-corrected chi connectivity index (χ3v) is 3.28. The number of amides is 1. The van der Waals surface area contributed by atoms with E-state index < -0.39 is 5.91 Å². The molecule has 2 rings (SSSR count). The Kier molecular flexibility index (Phi) is 5.60. The molecule has 0 fully saturated rings. The van der Waals surface area contributed by atoms with Gasteiger partial charge in [0.05, 0.1) is 11.2 Å². The molecule has 0 bridgehead atoms. The summed E-state index contributed by atoms with van der Waals surface area (Å²) in [6.45, 7) is -0.202. The van der Waals surface area contributed by atoms with Crippen LogP contribution in [0, 0.1) is 0 Å². The summed E-state index contributed by atoms with van der Waals surface area (Å²) in [7, 11) is 0. The van der Waals surface area contributed by atoms with Gasteiger partial charge in [-0.3, -0.25) is 4.79 Å². The van der Waals surface area contributed by atoms with E-state index in [9.17, 15) is 4.79 Å². The minimum Gasteiger partial charge on any atom is -0.482 e. The minimum atomic E-state index is -0.391. The van der Waals surface area contributed by atoms with Gasteiger partial charge in [-0.25, -0.2) is 5.43 Å². The molecule has 21 heavy (non-hydrogen) atoms. The number of nitrogens with zero attached hydrogens (tertiary/aromatic N) is 1. The van der Waals surface area contributed by atoms with Crippen LogP contribution in [0.1, 0.15) is 5.56 Å². The molecule has 0 aliphatic heterocycles. The van der Waals surface area contributed by atoms with Crippen LogP contribution in [0.2, 0.25) is 10.0 Å². The third kappa shape index (κ3) is 4.77. The first-order valence-electron chi connectivity index (χ1n) is 6.10. The van der Waals surface area contributed by atoms with Gasteiger partial charge in [-0.2, -0.15) is 5.10 Å². The van der Waals surface area contributed by atoms with Crippen molar-refractivity contribution in [2.75, 3.05) is 6.61 Å². The molecule has 0 spiro atoms. The number of hydrogen-bond acceptors (Lipinski definition) is 3. The Morgan fingerprint density at radius 1 is 1.14 bits per heavy atom. The molecule has 1 amide bonds. The Morgan fingerprint density at radius 3 is 2.67 bits per heavy atom. The summed E-state index contributed by atoms with van der Waals surface area (Å²) in [5, 5.41) is 4.48. The lowest BCUT2D eigenvalue weighted by molar-refractivity contribution is -0.123. The van der Waals surface area contributed by atoms with E-state index in [-0.39, 0.29) is 11.6 Å². The van der Waals surface area contributed by atoms with E-state index in [0.29, 0.717) is 10.8 Å². The number of nitrogens with one attached hydrogen (secondary N) is 1. The van der Waals surface area contributed by atoms with E-state index >= 15 is 0 Å². The molecule has 0 atom stereocenters. The minimum absolute atomic E-state index is 0.202. The fourth-order valence-electron chi connectivity index (χ4n) is 1.49. The highest BCUT2D eigenvalue weighted by molar-refractivity contribution is 6.42. The van der Waals surface area contributed by atoms with Crippen LogP contribution in [0.25, 0.3) is 0 Å². The second-order valence-electron chi connectivity index (χ2n) is 4.04. The SMILES string of the molecule is O=C(COc1cccc(Cl)c1Cl)N/N=C\c1ccccc1. The normalized spacial score (nSPS) is 10.6. The molecule has 0 aliphatic rings. The predicted molar refractivity (Wildman–Crippen MR) is 84.1 cm³/mol. The Balaban J connectivity index is 1.83. The summed E-state index contributed by atoms with van der Waals surface area (Å²) >= 11 is 11.8. The van der Waals surface area contributed by atoms with Crippen molar-refractivity contribution in [2.45, 2.75) is 0 Å². The quantitative estimate of drug-likeness (QED) is 0.676. The van der Waals surface area contributed by atoms with Crippen LogP contribution in [0.5, 0.6) is 5.75 Å². The molecule has 0 heterocycles. The first-order chi connectivity index (χ1) is 10.2. The average molecular weight is 323 g/mol. The van der Waals surface area contributed by atoms with Gasteiger partial charge in [-0.15, -0.1) is 0 Å². The number of benzene rings is 2. The summed E-state index contributed by atoms with van der Waals surface area (Å²) in [5.74, 6) is -0.0374. The molecule has 0 saturated carbocycles. The lowest BCUT2D eigenvalue weighted by Crippen LogP contribution is -2.24. The molecule has 0 radical (unpaired) electrons. The standard InChI is InChI=1S/C15H12Cl2N2O2/c16-12-7-4-8-13(15(12)17)21-10-14(20)19-18-9-11-5-2-1-3-6-11/h1-9H,10H2,(H,19,20)/b18-9-. The molecule has 2 aromatic carbocycles. The monoisotopic (exact) mass is 322 g/mol. The molecule has 4 nitrogen and oxygen atoms in total. The molecular weight excluding hydrogens is 311 g/mol. The maximum atomic E-state index is 11.6. The van der Waals surface area contributed by atoms with Crippen LogP contribution in [-0.4, -0.2) is 18.7 Å². The van der Waals surface area contributed by atoms with Crippen molar-refractivity contribution < 1.29 is 9.53 Å². The van der Waals surface area contributed by atoms with Crippen molar-refractivity contribution >= 4 is 35.3 Å². The lowest BCUT2D eigenvalue weighted by atomic mass is 10.2. The Morgan fingerprint density at radius 2 is 1.90 bits per heavy atom. The number of carbonyl (C=O) groups is 1. The van der Waals surface area contributed by atoms with Gasteiger partial charge in [-0.1, -0.05) is 59.6 Å². The summed E-state index contributed by atoms with van der Waals surface area (Å²) in [4.78, 5) is 11.6. The zero-order chi connectivity index (χ0) is 15.1. The highest BCUT2D eigenvalue weighted by Crippen LogP contribution is 2.31. The summed E-state index contributed by atoms with van der Waals surface area (Å²) in [6.07, 6.45) is 1.55. The number of halogens is 2. The first-order valence-corrected chi connectivity index (χ1v) is 6.86. The van der Waals surface area contributed by atoms with Gasteiger partial charge in [0.2, 0.25) is 0 Å². The van der Waals surface area contributed by atoms with Crippen LogP contribution in [0.3, 0.4) is 0 Å². The summed E-state index contributed by atoms with van der Waals surface area (Å²) < 4.78 is 5.28. The molecular formula is C15H12Cl2N2O2. The zero-order valence-corrected chi connectivity index (χ0v) is 12.4. The lowest BCUT2D eigenvalue weighted by Gasteiger charge is -2.07. The molecule has 6 heteroatoms. The Hall–Kier alpha value is -2.04. The van der Waals surface area contributed by atoms with Gasteiger partial charge in [0.25, 0.3) is 5.91 Å². The van der Waals surface area contributed by atoms with Crippen molar-refractivity contribution in [3.63, 3.8) is 0 Å². The van der Waals surface area contributed by atoms with E-state index in [2.05, 4.69) is 10.5 Å². The molecule has 0 saturated heterocycles. The van der Waals surface area contributed by atoms with E-state index in [1.165, 1.54) is 0 Å². The average Bonchev–Trinajstić information content (AvgIpc) is 2.50. The van der Waals surface area contributed by atoms with Crippen LogP contribution in [0.4, 0.5) is 0 Å². The topological polar surface area (TPSA) is 50.7 Å². The van der Waals surface area contributed by atoms with Gasteiger partial charge < -0.3 is 4.74 Å². The van der Waals surface area contributed by atoms with E-state index in [0.717, 1.165) is 5.56 Å². The highest BCUT2D eigenvalue weighted by Gasteiger charge is 2.07. The van der Waals surface area contributed by atoms with Crippen molar-refractivity contribution in [1.29, 1.82) is 0 Å². The number of rotatable bonds is 5. The van der Waals surface area contributed by atoms with Crippen molar-refractivity contribution in [3.8, 4) is 5.75 Å². The van der Waals surface area contributed by atoms with Crippen LogP contribution in [0.15, 0.2) is 53.6 Å². The van der Waals surface area contributed by atoms with Gasteiger partial charge in [0.15, 0.2) is 6.61 Å². The highest BCUT2D eigenvalue weighted by atomic mass is 35.5. The maximum absolute atomic E-state index is 11.6. The van der Waals surface area contributed by atoms with Crippen LogP contribution in [-0.2, 0) is 4.79 Å². The third-order valence-electron chi connectivity index (χ3n) is 2.48. The molecule has 108 valence electrons. The fraction of sp³-hybridized carbons (Fsp3) is 0.0667. The van der Waals surface area contributed by atoms with E-state index in [1.54, 1.807) is 24.4 Å².